The number of piperidine rings is 1. The van der Waals surface area contributed by atoms with Crippen molar-refractivity contribution in [3.8, 4) is 17.1 Å². The molecule has 2 heterocycles. The van der Waals surface area contributed by atoms with Gasteiger partial charge in [-0.1, -0.05) is 30.3 Å². The molecule has 4 rings (SSSR count). The van der Waals surface area contributed by atoms with Crippen LogP contribution in [0.5, 0.6) is 5.88 Å². The normalized spacial score (nSPS) is 15.0. The minimum atomic E-state index is 0.0635. The second-order valence-electron chi connectivity index (χ2n) is 9.50. The van der Waals surface area contributed by atoms with E-state index in [1.165, 1.54) is 0 Å². The lowest BCUT2D eigenvalue weighted by Gasteiger charge is -2.37. The number of nitrogens with zero attached hydrogens (tertiary/aromatic N) is 3. The average molecular weight is 474 g/mol. The molecule has 1 saturated heterocycles. The van der Waals surface area contributed by atoms with Crippen molar-refractivity contribution in [2.24, 2.45) is 5.41 Å². The highest BCUT2D eigenvalue weighted by Gasteiger charge is 2.32. The number of carbonyl (C=O) groups excluding carboxylic acids is 1. The molecule has 0 aliphatic carbocycles. The number of rotatable bonds is 9. The predicted molar refractivity (Wildman–Crippen MR) is 141 cm³/mol. The minimum absolute atomic E-state index is 0.0635. The van der Waals surface area contributed by atoms with Crippen LogP contribution in [0.2, 0.25) is 0 Å². The average Bonchev–Trinajstić information content (AvgIpc) is 2.88. The molecule has 2 N–H and O–H groups in total. The van der Waals surface area contributed by atoms with Crippen molar-refractivity contribution < 1.29 is 9.53 Å². The zero-order valence-corrected chi connectivity index (χ0v) is 21.1. The molecule has 1 aliphatic heterocycles. The van der Waals surface area contributed by atoms with E-state index in [4.69, 9.17) is 14.7 Å². The molecule has 0 unspecified atom stereocenters. The Morgan fingerprint density at radius 2 is 1.80 bits per heavy atom. The predicted octanol–water partition coefficient (Wildman–Crippen LogP) is 4.31. The summed E-state index contributed by atoms with van der Waals surface area (Å²) in [7, 11) is 3.90. The zero-order chi connectivity index (χ0) is 24.8. The van der Waals surface area contributed by atoms with Gasteiger partial charge >= 0.3 is 0 Å². The molecule has 7 nitrogen and oxygen atoms in total. The summed E-state index contributed by atoms with van der Waals surface area (Å²) in [5.41, 5.74) is 5.72. The summed E-state index contributed by atoms with van der Waals surface area (Å²) < 4.78 is 6.41. The van der Waals surface area contributed by atoms with Crippen LogP contribution in [0.4, 0.5) is 11.6 Å². The highest BCUT2D eigenvalue weighted by atomic mass is 16.5. The fraction of sp³-hybridized carbons (Fsp3) is 0.393. The van der Waals surface area contributed by atoms with Crippen molar-refractivity contribution in [2.45, 2.75) is 26.7 Å². The molecule has 35 heavy (non-hydrogen) atoms. The van der Waals surface area contributed by atoms with Gasteiger partial charge in [0.15, 0.2) is 0 Å². The van der Waals surface area contributed by atoms with E-state index in [-0.39, 0.29) is 5.41 Å². The topological polar surface area (TPSA) is 79.4 Å². The lowest BCUT2D eigenvalue weighted by molar-refractivity contribution is 0.102. The van der Waals surface area contributed by atoms with Crippen molar-refractivity contribution >= 4 is 17.9 Å². The van der Waals surface area contributed by atoms with Crippen LogP contribution in [0.25, 0.3) is 11.3 Å². The Kier molecular flexibility index (Phi) is 7.78. The fourth-order valence-electron chi connectivity index (χ4n) is 4.84. The second kappa shape index (κ2) is 11.0. The molecule has 0 radical (unpaired) electrons. The number of carbonyl (C=O) groups is 1. The molecule has 1 fully saturated rings. The van der Waals surface area contributed by atoms with Crippen LogP contribution < -0.4 is 20.3 Å². The van der Waals surface area contributed by atoms with Crippen LogP contribution in [-0.4, -0.2) is 56.6 Å². The van der Waals surface area contributed by atoms with Gasteiger partial charge in [0.1, 0.15) is 6.29 Å². The van der Waals surface area contributed by atoms with E-state index >= 15 is 0 Å². The van der Waals surface area contributed by atoms with Crippen molar-refractivity contribution in [2.75, 3.05) is 45.2 Å². The summed E-state index contributed by atoms with van der Waals surface area (Å²) in [4.78, 5) is 22.9. The van der Waals surface area contributed by atoms with E-state index in [1.54, 1.807) is 6.07 Å². The van der Waals surface area contributed by atoms with Gasteiger partial charge in [0.05, 0.1) is 12.3 Å². The molecule has 2 aromatic carbocycles. The van der Waals surface area contributed by atoms with Gasteiger partial charge in [-0.05, 0) is 70.1 Å². The molecule has 7 heteroatoms. The first kappa shape index (κ1) is 24.8. The molecule has 0 spiro atoms. The Morgan fingerprint density at radius 3 is 2.49 bits per heavy atom. The number of hydrogen-bond donors (Lipinski definition) is 2. The van der Waals surface area contributed by atoms with Crippen LogP contribution in [-0.2, 0) is 0 Å². The molecular formula is C28H35N5O2. The van der Waals surface area contributed by atoms with Crippen molar-refractivity contribution in [3.63, 3.8) is 0 Å². The highest BCUT2D eigenvalue weighted by Crippen LogP contribution is 2.33. The van der Waals surface area contributed by atoms with Gasteiger partial charge in [0, 0.05) is 41.9 Å². The van der Waals surface area contributed by atoms with Crippen LogP contribution in [0.3, 0.4) is 0 Å². The molecule has 0 amide bonds. The molecule has 184 valence electrons. The highest BCUT2D eigenvalue weighted by molar-refractivity contribution is 5.78. The number of ether oxygens (including phenoxy) is 1. The summed E-state index contributed by atoms with van der Waals surface area (Å²) in [6.07, 6.45) is 2.95. The standard InChI is InChI=1S/C28H35N5O2/c1-20-7-5-8-21(2)26(20)24-16-25(35-19-28(18-29-3)11-13-30-14-12-28)32-27(31-24)33(4)23-10-6-9-22(15-23)17-34/h5-10,15-17,29-30H,11-14,18-19H2,1-4H3. The lowest BCUT2D eigenvalue weighted by Crippen LogP contribution is -2.46. The Hall–Kier alpha value is -3.29. The number of aromatic nitrogens is 2. The van der Waals surface area contributed by atoms with Gasteiger partial charge in [-0.25, -0.2) is 4.98 Å². The first-order chi connectivity index (χ1) is 16.9. The quantitative estimate of drug-likeness (QED) is 0.448. The van der Waals surface area contributed by atoms with Crippen LogP contribution in [0.1, 0.15) is 34.3 Å². The number of benzene rings is 2. The van der Waals surface area contributed by atoms with Crippen molar-refractivity contribution in [1.82, 2.24) is 20.6 Å². The summed E-state index contributed by atoms with van der Waals surface area (Å²) in [5.74, 6) is 1.08. The third-order valence-electron chi connectivity index (χ3n) is 6.86. The Bertz CT molecular complexity index is 1150. The summed E-state index contributed by atoms with van der Waals surface area (Å²) in [6.45, 7) is 7.65. The van der Waals surface area contributed by atoms with Crippen LogP contribution in [0.15, 0.2) is 48.5 Å². The number of nitrogens with one attached hydrogen (secondary N) is 2. The minimum Gasteiger partial charge on any atom is -0.477 e. The maximum Gasteiger partial charge on any atom is 0.233 e. The molecule has 0 atom stereocenters. The Labute approximate surface area is 207 Å². The Morgan fingerprint density at radius 1 is 1.09 bits per heavy atom. The molecular weight excluding hydrogens is 438 g/mol. The first-order valence-corrected chi connectivity index (χ1v) is 12.2. The van der Waals surface area contributed by atoms with E-state index in [0.29, 0.717) is 24.0 Å². The number of hydrogen-bond acceptors (Lipinski definition) is 7. The first-order valence-electron chi connectivity index (χ1n) is 12.2. The van der Waals surface area contributed by atoms with E-state index in [2.05, 4.69) is 42.7 Å². The summed E-state index contributed by atoms with van der Waals surface area (Å²) in [6, 6.07) is 15.6. The zero-order valence-electron chi connectivity index (χ0n) is 21.1. The number of aldehydes is 1. The largest absolute Gasteiger partial charge is 0.477 e. The summed E-state index contributed by atoms with van der Waals surface area (Å²) in [5, 5.41) is 6.80. The molecule has 0 saturated carbocycles. The number of aryl methyl sites for hydroxylation is 2. The van der Waals surface area contributed by atoms with Gasteiger partial charge in [-0.15, -0.1) is 0 Å². The van der Waals surface area contributed by atoms with Crippen molar-refractivity contribution in [3.05, 3.63) is 65.2 Å². The fourth-order valence-corrected chi connectivity index (χ4v) is 4.84. The van der Waals surface area contributed by atoms with Crippen LogP contribution in [0, 0.1) is 19.3 Å². The van der Waals surface area contributed by atoms with Gasteiger partial charge < -0.3 is 20.3 Å². The van der Waals surface area contributed by atoms with Crippen molar-refractivity contribution in [1.29, 1.82) is 0 Å². The van der Waals surface area contributed by atoms with E-state index in [0.717, 1.165) is 66.8 Å². The smallest absolute Gasteiger partial charge is 0.233 e. The van der Waals surface area contributed by atoms with E-state index < -0.39 is 0 Å². The maximum atomic E-state index is 11.3. The maximum absolute atomic E-state index is 11.3. The van der Waals surface area contributed by atoms with E-state index in [9.17, 15) is 4.79 Å². The van der Waals surface area contributed by atoms with Crippen LogP contribution >= 0.6 is 0 Å². The second-order valence-corrected chi connectivity index (χ2v) is 9.50. The molecule has 1 aromatic heterocycles. The molecule has 3 aromatic rings. The third-order valence-corrected chi connectivity index (χ3v) is 6.86. The van der Waals surface area contributed by atoms with E-state index in [1.807, 2.05) is 43.3 Å². The third kappa shape index (κ3) is 5.69. The van der Waals surface area contributed by atoms with Gasteiger partial charge in [-0.3, -0.25) is 4.79 Å². The SMILES string of the molecule is CNCC1(COc2cc(-c3c(C)cccc3C)nc(N(C)c3cccc(C=O)c3)n2)CCNCC1. The lowest BCUT2D eigenvalue weighted by atomic mass is 9.79. The monoisotopic (exact) mass is 473 g/mol. The van der Waals surface area contributed by atoms with Gasteiger partial charge in [-0.2, -0.15) is 4.98 Å². The summed E-state index contributed by atoms with van der Waals surface area (Å²) >= 11 is 0. The van der Waals surface area contributed by atoms with Gasteiger partial charge in [0.25, 0.3) is 0 Å². The Balaban J connectivity index is 1.73. The number of anilines is 2. The van der Waals surface area contributed by atoms with Gasteiger partial charge in [0.2, 0.25) is 11.8 Å². The molecule has 1 aliphatic rings. The molecule has 0 bridgehead atoms.